The molecule has 0 aromatic carbocycles. The molecule has 1 amide bonds. The molecular formula is C13H27N3O. The van der Waals surface area contributed by atoms with Gasteiger partial charge in [0.05, 0.1) is 6.04 Å². The lowest BCUT2D eigenvalue weighted by Gasteiger charge is -2.33. The van der Waals surface area contributed by atoms with Crippen LogP contribution in [-0.2, 0) is 4.79 Å². The first-order valence-electron chi connectivity index (χ1n) is 6.92. The van der Waals surface area contributed by atoms with Crippen LogP contribution in [0.2, 0.25) is 0 Å². The van der Waals surface area contributed by atoms with Gasteiger partial charge < -0.3 is 11.1 Å². The maximum Gasteiger partial charge on any atom is 0.236 e. The first-order chi connectivity index (χ1) is 8.15. The molecule has 2 unspecified atom stereocenters. The fourth-order valence-corrected chi connectivity index (χ4v) is 2.39. The SMILES string of the molecule is CCCC(N)C(=O)NCCN1CCCCC1C. The Balaban J connectivity index is 2.16. The van der Waals surface area contributed by atoms with Gasteiger partial charge in [0.2, 0.25) is 5.91 Å². The van der Waals surface area contributed by atoms with Crippen molar-refractivity contribution in [3.8, 4) is 0 Å². The fraction of sp³-hybridized carbons (Fsp3) is 0.923. The summed E-state index contributed by atoms with van der Waals surface area (Å²) in [6.45, 7) is 7.15. The average Bonchev–Trinajstić information content (AvgIpc) is 2.31. The van der Waals surface area contributed by atoms with Crippen molar-refractivity contribution in [2.75, 3.05) is 19.6 Å². The van der Waals surface area contributed by atoms with Crippen LogP contribution in [0.25, 0.3) is 0 Å². The molecule has 100 valence electrons. The highest BCUT2D eigenvalue weighted by molar-refractivity contribution is 5.81. The van der Waals surface area contributed by atoms with Crippen molar-refractivity contribution in [2.45, 2.75) is 58.0 Å². The molecule has 0 aromatic heterocycles. The number of carbonyl (C=O) groups is 1. The van der Waals surface area contributed by atoms with Crippen LogP contribution in [0.3, 0.4) is 0 Å². The highest BCUT2D eigenvalue weighted by Gasteiger charge is 2.18. The lowest BCUT2D eigenvalue weighted by Crippen LogP contribution is -2.46. The monoisotopic (exact) mass is 241 g/mol. The Morgan fingerprint density at radius 2 is 2.29 bits per heavy atom. The van der Waals surface area contributed by atoms with E-state index in [0.717, 1.165) is 32.5 Å². The molecule has 1 rings (SSSR count). The van der Waals surface area contributed by atoms with Crippen molar-refractivity contribution in [1.29, 1.82) is 0 Å². The van der Waals surface area contributed by atoms with Crippen molar-refractivity contribution < 1.29 is 4.79 Å². The fourth-order valence-electron chi connectivity index (χ4n) is 2.39. The van der Waals surface area contributed by atoms with E-state index in [2.05, 4.69) is 17.1 Å². The van der Waals surface area contributed by atoms with Gasteiger partial charge in [-0.05, 0) is 32.7 Å². The Labute approximate surface area is 105 Å². The van der Waals surface area contributed by atoms with E-state index >= 15 is 0 Å². The molecule has 1 fully saturated rings. The van der Waals surface area contributed by atoms with Crippen molar-refractivity contribution in [1.82, 2.24) is 10.2 Å². The number of likely N-dealkylation sites (tertiary alicyclic amines) is 1. The molecule has 1 heterocycles. The van der Waals surface area contributed by atoms with E-state index in [1.54, 1.807) is 0 Å². The van der Waals surface area contributed by atoms with Crippen molar-refractivity contribution >= 4 is 5.91 Å². The number of rotatable bonds is 6. The number of carbonyl (C=O) groups excluding carboxylic acids is 1. The summed E-state index contributed by atoms with van der Waals surface area (Å²) in [4.78, 5) is 14.1. The van der Waals surface area contributed by atoms with E-state index in [1.807, 2.05) is 6.92 Å². The Kier molecular flexibility index (Phi) is 6.52. The minimum absolute atomic E-state index is 0.00323. The highest BCUT2D eigenvalue weighted by atomic mass is 16.2. The first-order valence-corrected chi connectivity index (χ1v) is 6.92. The number of amides is 1. The van der Waals surface area contributed by atoms with Crippen molar-refractivity contribution in [3.63, 3.8) is 0 Å². The van der Waals surface area contributed by atoms with E-state index in [-0.39, 0.29) is 11.9 Å². The number of nitrogens with one attached hydrogen (secondary N) is 1. The number of hydrogen-bond acceptors (Lipinski definition) is 3. The Morgan fingerprint density at radius 1 is 1.53 bits per heavy atom. The molecule has 0 aromatic rings. The van der Waals surface area contributed by atoms with Crippen molar-refractivity contribution in [2.24, 2.45) is 5.73 Å². The first kappa shape index (κ1) is 14.5. The van der Waals surface area contributed by atoms with E-state index in [9.17, 15) is 4.79 Å². The maximum absolute atomic E-state index is 11.6. The molecule has 1 aliphatic rings. The molecule has 0 saturated carbocycles. The molecule has 0 aliphatic carbocycles. The third kappa shape index (κ3) is 5.04. The van der Waals surface area contributed by atoms with Gasteiger partial charge in [-0.3, -0.25) is 9.69 Å². The lowest BCUT2D eigenvalue weighted by molar-refractivity contribution is -0.122. The normalized spacial score (nSPS) is 23.4. The smallest absolute Gasteiger partial charge is 0.236 e. The van der Waals surface area contributed by atoms with Crippen LogP contribution in [-0.4, -0.2) is 42.5 Å². The molecule has 1 saturated heterocycles. The molecule has 3 N–H and O–H groups in total. The molecule has 1 aliphatic heterocycles. The quantitative estimate of drug-likeness (QED) is 0.732. The summed E-state index contributed by atoms with van der Waals surface area (Å²) in [5, 5.41) is 2.93. The van der Waals surface area contributed by atoms with E-state index in [0.29, 0.717) is 6.04 Å². The molecule has 4 heteroatoms. The van der Waals surface area contributed by atoms with Gasteiger partial charge in [-0.25, -0.2) is 0 Å². The summed E-state index contributed by atoms with van der Waals surface area (Å²) >= 11 is 0. The zero-order valence-electron chi connectivity index (χ0n) is 11.2. The van der Waals surface area contributed by atoms with Crippen LogP contribution in [0.4, 0.5) is 0 Å². The summed E-state index contributed by atoms with van der Waals surface area (Å²) in [5.74, 6) is -0.00323. The standard InChI is InChI=1S/C13H27N3O/c1-3-6-12(14)13(17)15-8-10-16-9-5-4-7-11(16)2/h11-12H,3-10,14H2,1-2H3,(H,15,17). The maximum atomic E-state index is 11.6. The Bertz CT molecular complexity index is 233. The lowest BCUT2D eigenvalue weighted by atomic mass is 10.0. The van der Waals surface area contributed by atoms with E-state index in [4.69, 9.17) is 5.73 Å². The third-order valence-electron chi connectivity index (χ3n) is 3.58. The highest BCUT2D eigenvalue weighted by Crippen LogP contribution is 2.15. The number of piperidine rings is 1. The molecule has 0 bridgehead atoms. The summed E-state index contributed by atoms with van der Waals surface area (Å²) in [6, 6.07) is 0.323. The van der Waals surface area contributed by atoms with Gasteiger partial charge in [0, 0.05) is 19.1 Å². The van der Waals surface area contributed by atoms with Crippen LogP contribution in [0, 0.1) is 0 Å². The molecule has 0 radical (unpaired) electrons. The minimum Gasteiger partial charge on any atom is -0.353 e. The van der Waals surface area contributed by atoms with Crippen LogP contribution in [0.15, 0.2) is 0 Å². The van der Waals surface area contributed by atoms with Crippen LogP contribution >= 0.6 is 0 Å². The van der Waals surface area contributed by atoms with Crippen LogP contribution in [0.5, 0.6) is 0 Å². The van der Waals surface area contributed by atoms with Gasteiger partial charge in [-0.1, -0.05) is 19.8 Å². The molecule has 2 atom stereocenters. The zero-order valence-corrected chi connectivity index (χ0v) is 11.2. The van der Waals surface area contributed by atoms with E-state index in [1.165, 1.54) is 19.3 Å². The second-order valence-corrected chi connectivity index (χ2v) is 5.07. The van der Waals surface area contributed by atoms with Gasteiger partial charge >= 0.3 is 0 Å². The van der Waals surface area contributed by atoms with Gasteiger partial charge in [0.15, 0.2) is 0 Å². The second kappa shape index (κ2) is 7.67. The van der Waals surface area contributed by atoms with E-state index < -0.39 is 0 Å². The largest absolute Gasteiger partial charge is 0.353 e. The predicted octanol–water partition coefficient (Wildman–Crippen LogP) is 1.10. The molecule has 0 spiro atoms. The number of hydrogen-bond donors (Lipinski definition) is 2. The van der Waals surface area contributed by atoms with Crippen molar-refractivity contribution in [3.05, 3.63) is 0 Å². The molecule has 17 heavy (non-hydrogen) atoms. The third-order valence-corrected chi connectivity index (χ3v) is 3.58. The van der Waals surface area contributed by atoms with Gasteiger partial charge in [0.1, 0.15) is 0 Å². The Hall–Kier alpha value is -0.610. The predicted molar refractivity (Wildman–Crippen MR) is 70.8 cm³/mol. The number of nitrogens with two attached hydrogens (primary N) is 1. The molecule has 4 nitrogen and oxygen atoms in total. The molecular weight excluding hydrogens is 214 g/mol. The second-order valence-electron chi connectivity index (χ2n) is 5.07. The zero-order chi connectivity index (χ0) is 12.7. The van der Waals surface area contributed by atoms with Crippen LogP contribution < -0.4 is 11.1 Å². The minimum atomic E-state index is -0.334. The summed E-state index contributed by atoms with van der Waals surface area (Å²) in [5.41, 5.74) is 5.75. The van der Waals surface area contributed by atoms with Crippen LogP contribution in [0.1, 0.15) is 46.0 Å². The summed E-state index contributed by atoms with van der Waals surface area (Å²) in [6.07, 6.45) is 5.63. The summed E-state index contributed by atoms with van der Waals surface area (Å²) in [7, 11) is 0. The van der Waals surface area contributed by atoms with Gasteiger partial charge in [-0.2, -0.15) is 0 Å². The number of nitrogens with zero attached hydrogens (tertiary/aromatic N) is 1. The average molecular weight is 241 g/mol. The Morgan fingerprint density at radius 3 is 2.94 bits per heavy atom. The van der Waals surface area contributed by atoms with Gasteiger partial charge in [0.25, 0.3) is 0 Å². The topological polar surface area (TPSA) is 58.4 Å². The summed E-state index contributed by atoms with van der Waals surface area (Å²) < 4.78 is 0. The van der Waals surface area contributed by atoms with Gasteiger partial charge in [-0.15, -0.1) is 0 Å².